The van der Waals surface area contributed by atoms with Gasteiger partial charge in [-0.3, -0.25) is 4.79 Å². The second-order valence-electron chi connectivity index (χ2n) is 9.74. The van der Waals surface area contributed by atoms with Gasteiger partial charge in [-0.2, -0.15) is 0 Å². The first-order chi connectivity index (χ1) is 19.8. The van der Waals surface area contributed by atoms with E-state index in [1.54, 1.807) is 30.3 Å². The SMILES string of the molecule is O=C1c2c(O)cc(O)cc2O[C@H](c2cccc3c2OC(c2ccc(O)c(OCc4ccccc4)c2)C(CO)O3)[C@H]1O. The van der Waals surface area contributed by atoms with Crippen LogP contribution in [0.2, 0.25) is 0 Å². The third kappa shape index (κ3) is 4.83. The van der Waals surface area contributed by atoms with Gasteiger partial charge in [-0.1, -0.05) is 48.5 Å². The number of phenols is 3. The molecule has 4 atom stereocenters. The van der Waals surface area contributed by atoms with E-state index in [0.29, 0.717) is 5.56 Å². The molecule has 0 saturated heterocycles. The molecule has 0 radical (unpaired) electrons. The molecule has 0 spiro atoms. The zero-order valence-corrected chi connectivity index (χ0v) is 21.5. The molecule has 6 rings (SSSR count). The fourth-order valence-electron chi connectivity index (χ4n) is 5.03. The van der Waals surface area contributed by atoms with Gasteiger partial charge in [0.05, 0.1) is 6.61 Å². The number of hydrogen-bond acceptors (Lipinski definition) is 10. The Morgan fingerprint density at radius 3 is 2.37 bits per heavy atom. The largest absolute Gasteiger partial charge is 0.508 e. The highest BCUT2D eigenvalue weighted by Gasteiger charge is 2.43. The maximum atomic E-state index is 13.0. The molecular weight excluding hydrogens is 532 g/mol. The predicted octanol–water partition coefficient (Wildman–Crippen LogP) is 3.93. The van der Waals surface area contributed by atoms with Gasteiger partial charge in [0.15, 0.2) is 47.4 Å². The summed E-state index contributed by atoms with van der Waals surface area (Å²) in [5, 5.41) is 51.6. The molecule has 41 heavy (non-hydrogen) atoms. The molecule has 210 valence electrons. The van der Waals surface area contributed by atoms with E-state index in [1.807, 2.05) is 30.3 Å². The zero-order valence-electron chi connectivity index (χ0n) is 21.5. The van der Waals surface area contributed by atoms with E-state index in [2.05, 4.69) is 0 Å². The number of carbonyl (C=O) groups is 1. The molecule has 2 aliphatic heterocycles. The van der Waals surface area contributed by atoms with Gasteiger partial charge in [0, 0.05) is 23.3 Å². The lowest BCUT2D eigenvalue weighted by Crippen LogP contribution is -2.39. The van der Waals surface area contributed by atoms with E-state index in [4.69, 9.17) is 18.9 Å². The van der Waals surface area contributed by atoms with Crippen molar-refractivity contribution in [2.45, 2.75) is 31.0 Å². The quantitative estimate of drug-likeness (QED) is 0.235. The maximum absolute atomic E-state index is 13.0. The van der Waals surface area contributed by atoms with Crippen molar-refractivity contribution in [3.8, 4) is 40.2 Å². The molecular formula is C31H26O10. The summed E-state index contributed by atoms with van der Waals surface area (Å²) in [6.07, 6.45) is -4.66. The Bertz CT molecular complexity index is 1600. The number of benzene rings is 4. The van der Waals surface area contributed by atoms with Gasteiger partial charge < -0.3 is 44.5 Å². The number of ether oxygens (including phenoxy) is 4. The summed E-state index contributed by atoms with van der Waals surface area (Å²) in [4.78, 5) is 13.0. The first kappa shape index (κ1) is 26.3. The number of aliphatic hydroxyl groups excluding tert-OH is 2. The lowest BCUT2D eigenvalue weighted by molar-refractivity contribution is -0.0180. The minimum absolute atomic E-state index is 0.0783. The first-order valence-electron chi connectivity index (χ1n) is 12.9. The minimum Gasteiger partial charge on any atom is -0.508 e. The van der Waals surface area contributed by atoms with Crippen LogP contribution in [0.3, 0.4) is 0 Å². The van der Waals surface area contributed by atoms with Gasteiger partial charge in [-0.15, -0.1) is 0 Å². The van der Waals surface area contributed by atoms with Crippen molar-refractivity contribution in [1.82, 2.24) is 0 Å². The summed E-state index contributed by atoms with van der Waals surface area (Å²) in [5.41, 5.74) is 1.48. The first-order valence-corrected chi connectivity index (χ1v) is 12.9. The number of carbonyl (C=O) groups excluding carboxylic acids is 1. The number of rotatable bonds is 6. The van der Waals surface area contributed by atoms with Crippen molar-refractivity contribution in [3.63, 3.8) is 0 Å². The summed E-state index contributed by atoms with van der Waals surface area (Å²) in [7, 11) is 0. The Kier molecular flexibility index (Phi) is 6.78. The fraction of sp³-hybridized carbons (Fsp3) is 0.194. The molecule has 0 bridgehead atoms. The van der Waals surface area contributed by atoms with Crippen molar-refractivity contribution < 1.29 is 49.3 Å². The number of Topliss-reactive ketones (excluding diaryl/α,β-unsaturated/α-hetero) is 1. The van der Waals surface area contributed by atoms with Gasteiger partial charge in [0.2, 0.25) is 5.78 Å². The van der Waals surface area contributed by atoms with E-state index in [9.17, 15) is 30.3 Å². The van der Waals surface area contributed by atoms with Gasteiger partial charge in [-0.05, 0) is 23.8 Å². The maximum Gasteiger partial charge on any atom is 0.202 e. The second-order valence-corrected chi connectivity index (χ2v) is 9.74. The van der Waals surface area contributed by atoms with Crippen LogP contribution in [0.4, 0.5) is 0 Å². The minimum atomic E-state index is -1.70. The number of para-hydroxylation sites is 1. The zero-order chi connectivity index (χ0) is 28.7. The van der Waals surface area contributed by atoms with Crippen molar-refractivity contribution in [3.05, 3.63) is 101 Å². The monoisotopic (exact) mass is 558 g/mol. The Balaban J connectivity index is 1.33. The molecule has 0 aromatic heterocycles. The van der Waals surface area contributed by atoms with Crippen LogP contribution in [0.15, 0.2) is 78.9 Å². The van der Waals surface area contributed by atoms with Crippen LogP contribution in [0, 0.1) is 0 Å². The van der Waals surface area contributed by atoms with Crippen LogP contribution < -0.4 is 18.9 Å². The van der Waals surface area contributed by atoms with Gasteiger partial charge >= 0.3 is 0 Å². The number of fused-ring (bicyclic) bond motifs is 2. The molecule has 5 N–H and O–H groups in total. The molecule has 2 aliphatic rings. The standard InChI is InChI=1S/C31H26O10/c32-14-25-29(17-9-10-20(34)23(11-17)38-15-16-5-2-1-3-6-16)41-30-19(7-4-8-22(30)39-25)31-28(37)27(36)26-21(35)12-18(33)13-24(26)40-31/h1-13,25,28-29,31-35,37H,14-15H2/t25?,28-,29?,31+/m0/s1. The molecule has 4 aromatic rings. The lowest BCUT2D eigenvalue weighted by atomic mass is 9.91. The summed E-state index contributed by atoms with van der Waals surface area (Å²) < 4.78 is 24.2. The highest BCUT2D eigenvalue weighted by atomic mass is 16.6. The smallest absolute Gasteiger partial charge is 0.202 e. The highest BCUT2D eigenvalue weighted by molar-refractivity contribution is 6.05. The van der Waals surface area contributed by atoms with Crippen molar-refractivity contribution >= 4 is 5.78 Å². The summed E-state index contributed by atoms with van der Waals surface area (Å²) in [6.45, 7) is -0.184. The van der Waals surface area contributed by atoms with E-state index in [-0.39, 0.29) is 52.2 Å². The van der Waals surface area contributed by atoms with Crippen LogP contribution >= 0.6 is 0 Å². The van der Waals surface area contributed by atoms with Gasteiger partial charge in [0.25, 0.3) is 0 Å². The van der Waals surface area contributed by atoms with Crippen molar-refractivity contribution in [2.24, 2.45) is 0 Å². The van der Waals surface area contributed by atoms with Crippen molar-refractivity contribution in [2.75, 3.05) is 6.61 Å². The highest BCUT2D eigenvalue weighted by Crippen LogP contribution is 2.49. The van der Waals surface area contributed by atoms with Crippen LogP contribution in [0.25, 0.3) is 0 Å². The Morgan fingerprint density at radius 1 is 0.780 bits per heavy atom. The molecule has 10 nitrogen and oxygen atoms in total. The second kappa shape index (κ2) is 10.6. The molecule has 2 unspecified atom stereocenters. The Morgan fingerprint density at radius 2 is 1.59 bits per heavy atom. The summed E-state index contributed by atoms with van der Waals surface area (Å²) in [6, 6.07) is 21.1. The Hall–Kier alpha value is -4.93. The number of aliphatic hydroxyl groups is 2. The number of phenolic OH excluding ortho intramolecular Hbond substituents is 3. The van der Waals surface area contributed by atoms with Gasteiger partial charge in [0.1, 0.15) is 29.4 Å². The molecule has 0 fully saturated rings. The summed E-state index contributed by atoms with van der Waals surface area (Å²) >= 11 is 0. The average Bonchev–Trinajstić information content (AvgIpc) is 2.97. The van der Waals surface area contributed by atoms with E-state index in [1.165, 1.54) is 12.1 Å². The van der Waals surface area contributed by atoms with Crippen LogP contribution in [0.5, 0.6) is 40.2 Å². The van der Waals surface area contributed by atoms with Crippen molar-refractivity contribution in [1.29, 1.82) is 0 Å². The van der Waals surface area contributed by atoms with E-state index >= 15 is 0 Å². The van der Waals surface area contributed by atoms with Crippen LogP contribution in [-0.4, -0.2) is 50.1 Å². The lowest BCUT2D eigenvalue weighted by Gasteiger charge is -2.37. The number of hydrogen-bond donors (Lipinski definition) is 5. The molecule has 2 heterocycles. The van der Waals surface area contributed by atoms with Crippen LogP contribution in [0.1, 0.15) is 39.3 Å². The predicted molar refractivity (Wildman–Crippen MR) is 144 cm³/mol. The van der Waals surface area contributed by atoms with Gasteiger partial charge in [-0.25, -0.2) is 0 Å². The molecule has 0 amide bonds. The topological polar surface area (TPSA) is 155 Å². The molecule has 0 aliphatic carbocycles. The normalized spacial score (nSPS) is 21.1. The number of aromatic hydroxyl groups is 3. The molecule has 4 aromatic carbocycles. The third-order valence-electron chi connectivity index (χ3n) is 7.03. The molecule has 0 saturated carbocycles. The molecule has 10 heteroatoms. The number of ketones is 1. The fourth-order valence-corrected chi connectivity index (χ4v) is 5.03. The van der Waals surface area contributed by atoms with E-state index < -0.39 is 42.6 Å². The van der Waals surface area contributed by atoms with E-state index in [0.717, 1.165) is 11.6 Å². The third-order valence-corrected chi connectivity index (χ3v) is 7.03. The van der Waals surface area contributed by atoms with Crippen LogP contribution in [-0.2, 0) is 6.61 Å². The Labute approximate surface area is 234 Å². The average molecular weight is 559 g/mol. The summed E-state index contributed by atoms with van der Waals surface area (Å²) in [5.74, 6) is -1.16.